The first kappa shape index (κ1) is 24.4. The topological polar surface area (TPSA) is 105 Å². The zero-order chi connectivity index (χ0) is 24.3. The number of rotatable bonds is 8. The predicted molar refractivity (Wildman–Crippen MR) is 126 cm³/mol. The lowest BCUT2D eigenvalue weighted by molar-refractivity contribution is 0.0719. The van der Waals surface area contributed by atoms with Gasteiger partial charge in [0.25, 0.3) is 5.91 Å². The number of hydrogen-bond acceptors (Lipinski definition) is 6. The Hall–Kier alpha value is -3.27. The van der Waals surface area contributed by atoms with Gasteiger partial charge in [-0.2, -0.15) is 0 Å². The van der Waals surface area contributed by atoms with E-state index in [1.807, 2.05) is 6.92 Å². The summed E-state index contributed by atoms with van der Waals surface area (Å²) >= 11 is 0. The Balaban J connectivity index is 2.03. The molecule has 3 rings (SSSR count). The number of fused-ring (bicyclic) bond motifs is 1. The van der Waals surface area contributed by atoms with Gasteiger partial charge in [-0.1, -0.05) is 18.2 Å². The third-order valence-corrected chi connectivity index (χ3v) is 6.24. The number of methoxy groups -OCH3 is 1. The van der Waals surface area contributed by atoms with E-state index in [0.29, 0.717) is 40.5 Å². The van der Waals surface area contributed by atoms with Crippen molar-refractivity contribution >= 4 is 27.5 Å². The molecule has 1 atom stereocenters. The Labute approximate surface area is 194 Å². The molecule has 1 aliphatic rings. The third kappa shape index (κ3) is 5.39. The van der Waals surface area contributed by atoms with Crippen molar-refractivity contribution in [2.45, 2.75) is 19.5 Å². The molecule has 0 fully saturated rings. The van der Waals surface area contributed by atoms with Gasteiger partial charge in [0, 0.05) is 26.9 Å². The second kappa shape index (κ2) is 9.70. The zero-order valence-electron chi connectivity index (χ0n) is 19.4. The van der Waals surface area contributed by atoms with Gasteiger partial charge < -0.3 is 24.6 Å². The van der Waals surface area contributed by atoms with Crippen LogP contribution in [0.1, 0.15) is 34.5 Å². The van der Waals surface area contributed by atoms with E-state index in [1.165, 1.54) is 16.9 Å². The molecule has 0 spiro atoms. The molecule has 2 aromatic rings. The number of urea groups is 1. The van der Waals surface area contributed by atoms with Crippen molar-refractivity contribution in [1.82, 2.24) is 9.80 Å². The van der Waals surface area contributed by atoms with Crippen LogP contribution in [0.3, 0.4) is 0 Å². The van der Waals surface area contributed by atoms with Gasteiger partial charge >= 0.3 is 6.03 Å². The highest BCUT2D eigenvalue weighted by molar-refractivity contribution is 7.90. The average molecular weight is 476 g/mol. The number of carbonyl (C=O) groups excluding carboxylic acids is 2. The minimum absolute atomic E-state index is 0.218. The summed E-state index contributed by atoms with van der Waals surface area (Å²) in [5, 5.41) is 2.75. The van der Waals surface area contributed by atoms with Gasteiger partial charge in [0.05, 0.1) is 36.8 Å². The molecule has 0 saturated carbocycles. The summed E-state index contributed by atoms with van der Waals surface area (Å²) in [6.07, 6.45) is 1.14. The summed E-state index contributed by atoms with van der Waals surface area (Å²) in [7, 11) is 1.29. The average Bonchev–Trinajstić information content (AvgIpc) is 3.09. The van der Waals surface area contributed by atoms with Gasteiger partial charge in [-0.15, -0.1) is 0 Å². The summed E-state index contributed by atoms with van der Waals surface area (Å²) in [6.45, 7) is 2.46. The molecule has 0 saturated heterocycles. The van der Waals surface area contributed by atoms with Crippen molar-refractivity contribution in [3.05, 3.63) is 53.1 Å². The van der Waals surface area contributed by atoms with Crippen molar-refractivity contribution in [2.75, 3.05) is 45.1 Å². The Bertz CT molecular complexity index is 1160. The zero-order valence-corrected chi connectivity index (χ0v) is 20.2. The van der Waals surface area contributed by atoms with E-state index < -0.39 is 15.9 Å². The van der Waals surface area contributed by atoms with E-state index in [1.54, 1.807) is 50.5 Å². The van der Waals surface area contributed by atoms with Gasteiger partial charge in [-0.25, -0.2) is 13.2 Å². The Morgan fingerprint density at radius 3 is 2.55 bits per heavy atom. The quantitative estimate of drug-likeness (QED) is 0.629. The summed E-state index contributed by atoms with van der Waals surface area (Å²) < 4.78 is 35.6. The molecule has 0 aromatic heterocycles. The van der Waals surface area contributed by atoms with Crippen molar-refractivity contribution in [3.63, 3.8) is 0 Å². The monoisotopic (exact) mass is 475 g/mol. The molecule has 0 unspecified atom stereocenters. The minimum Gasteiger partial charge on any atom is -0.493 e. The van der Waals surface area contributed by atoms with E-state index in [0.717, 1.165) is 6.26 Å². The van der Waals surface area contributed by atoms with Gasteiger partial charge in [0.15, 0.2) is 11.5 Å². The lowest BCUT2D eigenvalue weighted by atomic mass is 10.1. The highest BCUT2D eigenvalue weighted by atomic mass is 32.2. The maximum Gasteiger partial charge on any atom is 0.321 e. The summed E-state index contributed by atoms with van der Waals surface area (Å²) in [4.78, 5) is 28.6. The van der Waals surface area contributed by atoms with E-state index in [9.17, 15) is 18.0 Å². The van der Waals surface area contributed by atoms with E-state index in [2.05, 4.69) is 5.32 Å². The van der Waals surface area contributed by atoms with Crippen LogP contribution in [0, 0.1) is 0 Å². The SMILES string of the molecule is CCOc1cc([C@H](CS(C)(=O)=O)N2Cc3cccc(NC(=O)N(C)C)c3C2=O)ccc1OC. The number of hydrogen-bond donors (Lipinski definition) is 1. The minimum atomic E-state index is -3.44. The smallest absolute Gasteiger partial charge is 0.321 e. The summed E-state index contributed by atoms with van der Waals surface area (Å²) in [5.41, 5.74) is 2.09. The summed E-state index contributed by atoms with van der Waals surface area (Å²) in [6, 6.07) is 9.26. The fourth-order valence-electron chi connectivity index (χ4n) is 3.79. The molecular weight excluding hydrogens is 446 g/mol. The Morgan fingerprint density at radius 1 is 1.21 bits per heavy atom. The number of benzene rings is 2. The van der Waals surface area contributed by atoms with E-state index in [-0.39, 0.29) is 24.2 Å². The molecule has 0 bridgehead atoms. The number of anilines is 1. The molecule has 1 N–H and O–H groups in total. The molecule has 0 aliphatic carbocycles. The second-order valence-corrected chi connectivity index (χ2v) is 10.2. The number of nitrogens with zero attached hydrogens (tertiary/aromatic N) is 2. The molecule has 10 heteroatoms. The highest BCUT2D eigenvalue weighted by Crippen LogP contribution is 2.38. The van der Waals surface area contributed by atoms with Crippen LogP contribution in [0.25, 0.3) is 0 Å². The van der Waals surface area contributed by atoms with Crippen LogP contribution in [-0.2, 0) is 16.4 Å². The fraction of sp³-hybridized carbons (Fsp3) is 0.391. The normalized spacial score (nSPS) is 14.0. The van der Waals surface area contributed by atoms with Crippen molar-refractivity contribution in [3.8, 4) is 11.5 Å². The molecule has 1 aliphatic heterocycles. The predicted octanol–water partition coefficient (Wildman–Crippen LogP) is 2.93. The number of amides is 3. The van der Waals surface area contributed by atoms with Crippen molar-refractivity contribution in [2.24, 2.45) is 0 Å². The molecule has 9 nitrogen and oxygen atoms in total. The highest BCUT2D eigenvalue weighted by Gasteiger charge is 2.37. The number of carbonyl (C=O) groups is 2. The van der Waals surface area contributed by atoms with Crippen LogP contribution in [0.15, 0.2) is 36.4 Å². The van der Waals surface area contributed by atoms with Crippen LogP contribution in [0.5, 0.6) is 11.5 Å². The third-order valence-electron chi connectivity index (χ3n) is 5.32. The molecular formula is C23H29N3O6S. The van der Waals surface area contributed by atoms with Gasteiger partial charge in [-0.3, -0.25) is 4.79 Å². The first-order valence-electron chi connectivity index (χ1n) is 10.4. The lowest BCUT2D eigenvalue weighted by Gasteiger charge is -2.28. The maximum absolute atomic E-state index is 13.5. The van der Waals surface area contributed by atoms with Crippen LogP contribution < -0.4 is 14.8 Å². The number of sulfone groups is 1. The maximum atomic E-state index is 13.5. The fourth-order valence-corrected chi connectivity index (χ4v) is 4.73. The first-order valence-corrected chi connectivity index (χ1v) is 12.5. The lowest BCUT2D eigenvalue weighted by Crippen LogP contribution is -2.34. The van der Waals surface area contributed by atoms with Crippen molar-refractivity contribution < 1.29 is 27.5 Å². The molecule has 33 heavy (non-hydrogen) atoms. The van der Waals surface area contributed by atoms with Crippen LogP contribution in [-0.4, -0.2) is 70.0 Å². The van der Waals surface area contributed by atoms with Crippen LogP contribution >= 0.6 is 0 Å². The molecule has 178 valence electrons. The number of ether oxygens (including phenoxy) is 2. The molecule has 2 aromatic carbocycles. The van der Waals surface area contributed by atoms with Crippen LogP contribution in [0.4, 0.5) is 10.5 Å². The summed E-state index contributed by atoms with van der Waals surface area (Å²) in [5.74, 6) is 0.383. The van der Waals surface area contributed by atoms with E-state index >= 15 is 0 Å². The Kier molecular flexibility index (Phi) is 7.16. The van der Waals surface area contributed by atoms with Gasteiger partial charge in [-0.05, 0) is 36.2 Å². The second-order valence-electron chi connectivity index (χ2n) is 8.05. The molecule has 0 radical (unpaired) electrons. The van der Waals surface area contributed by atoms with E-state index in [4.69, 9.17) is 9.47 Å². The van der Waals surface area contributed by atoms with Crippen LogP contribution in [0.2, 0.25) is 0 Å². The Morgan fingerprint density at radius 2 is 1.94 bits per heavy atom. The van der Waals surface area contributed by atoms with Gasteiger partial charge in [0.1, 0.15) is 9.84 Å². The first-order chi connectivity index (χ1) is 15.6. The number of nitrogens with one attached hydrogen (secondary N) is 1. The van der Waals surface area contributed by atoms with Crippen molar-refractivity contribution in [1.29, 1.82) is 0 Å². The van der Waals surface area contributed by atoms with Gasteiger partial charge in [0.2, 0.25) is 0 Å². The molecule has 1 heterocycles. The standard InChI is InChI=1S/C23H29N3O6S/c1-6-32-20-12-15(10-11-19(20)31-4)18(14-33(5,29)30)26-13-16-8-7-9-17(21(16)22(26)27)24-23(28)25(2)3/h7-12,18H,6,13-14H2,1-5H3,(H,24,28)/t18-/m0/s1. The largest absolute Gasteiger partial charge is 0.493 e. The molecule has 3 amide bonds.